The summed E-state index contributed by atoms with van der Waals surface area (Å²) >= 11 is 0. The molecule has 2 aliphatic rings. The molecule has 0 aliphatic carbocycles. The predicted molar refractivity (Wildman–Crippen MR) is 102 cm³/mol. The van der Waals surface area contributed by atoms with Gasteiger partial charge in [-0.25, -0.2) is 8.42 Å². The van der Waals surface area contributed by atoms with Gasteiger partial charge >= 0.3 is 0 Å². The number of aryl methyl sites for hydroxylation is 1. The van der Waals surface area contributed by atoms with Gasteiger partial charge in [-0.1, -0.05) is 6.07 Å². The van der Waals surface area contributed by atoms with Crippen LogP contribution in [0.2, 0.25) is 0 Å². The number of aromatic nitrogens is 1. The minimum atomic E-state index is -3.29. The Hall–Kier alpha value is -2.44. The zero-order valence-corrected chi connectivity index (χ0v) is 15.8. The average molecular weight is 380 g/mol. The molecule has 5 rings (SSSR count). The summed E-state index contributed by atoms with van der Waals surface area (Å²) in [5.41, 5.74) is 3.81. The highest BCUT2D eigenvalue weighted by Gasteiger charge is 2.50. The molecule has 2 atom stereocenters. The molecule has 0 spiro atoms. The quantitative estimate of drug-likeness (QED) is 0.697. The molecular formula is C21H20N2O3S. The first-order chi connectivity index (χ1) is 13.0. The third kappa shape index (κ3) is 2.71. The van der Waals surface area contributed by atoms with E-state index in [9.17, 15) is 8.42 Å². The molecule has 0 radical (unpaired) electrons. The second-order valence-electron chi connectivity index (χ2n) is 7.38. The van der Waals surface area contributed by atoms with E-state index in [4.69, 9.17) is 4.42 Å². The largest absolute Gasteiger partial charge is 0.464 e. The highest BCUT2D eigenvalue weighted by atomic mass is 32.2. The van der Waals surface area contributed by atoms with Crippen LogP contribution in [-0.2, 0) is 16.4 Å². The third-order valence-electron chi connectivity index (χ3n) is 5.59. The number of rotatable bonds is 3. The zero-order chi connectivity index (χ0) is 18.6. The second kappa shape index (κ2) is 6.04. The standard InChI is InChI=1S/C21H20N2O3S/c1-14-4-2-5-16(22-14)11-23-12-18-17-10-15(19-6-3-9-26-19)7-8-20(17)27(24,25)21(18)13-23/h2-10,18,21H,11-13H2,1H3/t18-,21-/m1/s1. The first kappa shape index (κ1) is 16.7. The summed E-state index contributed by atoms with van der Waals surface area (Å²) in [7, 11) is -3.29. The van der Waals surface area contributed by atoms with Gasteiger partial charge in [0.15, 0.2) is 9.84 Å². The smallest absolute Gasteiger partial charge is 0.183 e. The SMILES string of the molecule is Cc1cccc(CN2C[C@@H]3c4cc(-c5ccco5)ccc4S(=O)(=O)[C@@H]3C2)n1. The molecule has 0 N–H and O–H groups in total. The number of benzene rings is 1. The molecule has 0 saturated carbocycles. The average Bonchev–Trinajstić information content (AvgIpc) is 3.34. The minimum absolute atomic E-state index is 0.00437. The van der Waals surface area contributed by atoms with Crippen LogP contribution < -0.4 is 0 Å². The van der Waals surface area contributed by atoms with E-state index < -0.39 is 9.84 Å². The molecule has 138 valence electrons. The lowest BCUT2D eigenvalue weighted by molar-refractivity contribution is 0.321. The van der Waals surface area contributed by atoms with Gasteiger partial charge in [0.1, 0.15) is 5.76 Å². The molecule has 0 amide bonds. The van der Waals surface area contributed by atoms with Gasteiger partial charge in [0.05, 0.1) is 22.1 Å². The van der Waals surface area contributed by atoms with Crippen molar-refractivity contribution >= 4 is 9.84 Å². The molecule has 6 heteroatoms. The number of pyridine rings is 1. The van der Waals surface area contributed by atoms with E-state index in [1.54, 1.807) is 12.3 Å². The molecule has 1 saturated heterocycles. The lowest BCUT2D eigenvalue weighted by Gasteiger charge is -2.17. The Labute approximate surface area is 158 Å². The maximum Gasteiger partial charge on any atom is 0.183 e. The Kier molecular flexibility index (Phi) is 3.74. The van der Waals surface area contributed by atoms with Crippen LogP contribution >= 0.6 is 0 Å². The van der Waals surface area contributed by atoms with Crippen LogP contribution in [0.4, 0.5) is 0 Å². The van der Waals surface area contributed by atoms with Crippen molar-refractivity contribution in [3.05, 3.63) is 71.7 Å². The molecule has 2 aromatic heterocycles. The number of likely N-dealkylation sites (tertiary alicyclic amines) is 1. The number of sulfone groups is 1. The number of nitrogens with zero attached hydrogens (tertiary/aromatic N) is 2. The van der Waals surface area contributed by atoms with Gasteiger partial charge in [-0.2, -0.15) is 0 Å². The van der Waals surface area contributed by atoms with Crippen molar-refractivity contribution in [2.45, 2.75) is 29.5 Å². The summed E-state index contributed by atoms with van der Waals surface area (Å²) in [5.74, 6) is 0.766. The third-order valence-corrected chi connectivity index (χ3v) is 7.85. The van der Waals surface area contributed by atoms with Gasteiger partial charge in [-0.15, -0.1) is 0 Å². The summed E-state index contributed by atoms with van der Waals surface area (Å²) < 4.78 is 31.6. The van der Waals surface area contributed by atoms with Gasteiger partial charge in [0.25, 0.3) is 0 Å². The van der Waals surface area contributed by atoms with E-state index >= 15 is 0 Å². The van der Waals surface area contributed by atoms with Crippen molar-refractivity contribution in [1.82, 2.24) is 9.88 Å². The highest BCUT2D eigenvalue weighted by molar-refractivity contribution is 7.92. The van der Waals surface area contributed by atoms with E-state index in [0.29, 0.717) is 18.0 Å². The second-order valence-corrected chi connectivity index (χ2v) is 9.52. The molecule has 0 bridgehead atoms. The minimum Gasteiger partial charge on any atom is -0.464 e. The van der Waals surface area contributed by atoms with Gasteiger partial charge in [0, 0.05) is 36.8 Å². The molecule has 1 fully saturated rings. The van der Waals surface area contributed by atoms with Crippen LogP contribution in [0, 0.1) is 6.92 Å². The molecule has 4 heterocycles. The Morgan fingerprint density at radius 1 is 1.15 bits per heavy atom. The predicted octanol–water partition coefficient (Wildman–Crippen LogP) is 3.41. The maximum atomic E-state index is 13.0. The van der Waals surface area contributed by atoms with E-state index in [1.807, 2.05) is 49.4 Å². The number of hydrogen-bond donors (Lipinski definition) is 0. The topological polar surface area (TPSA) is 63.4 Å². The Morgan fingerprint density at radius 3 is 2.81 bits per heavy atom. The van der Waals surface area contributed by atoms with Crippen LogP contribution in [-0.4, -0.2) is 36.6 Å². The molecule has 27 heavy (non-hydrogen) atoms. The summed E-state index contributed by atoms with van der Waals surface area (Å²) in [6.07, 6.45) is 1.63. The van der Waals surface area contributed by atoms with E-state index in [-0.39, 0.29) is 11.2 Å². The summed E-state index contributed by atoms with van der Waals surface area (Å²) in [4.78, 5) is 7.25. The fourth-order valence-electron chi connectivity index (χ4n) is 4.37. The van der Waals surface area contributed by atoms with Crippen LogP contribution in [0.5, 0.6) is 0 Å². The van der Waals surface area contributed by atoms with Gasteiger partial charge < -0.3 is 4.42 Å². The fourth-order valence-corrected chi connectivity index (χ4v) is 6.56. The van der Waals surface area contributed by atoms with Crippen LogP contribution in [0.15, 0.2) is 64.1 Å². The van der Waals surface area contributed by atoms with E-state index in [1.165, 1.54) is 0 Å². The van der Waals surface area contributed by atoms with Crippen LogP contribution in [0.3, 0.4) is 0 Å². The molecule has 3 aromatic rings. The summed E-state index contributed by atoms with van der Waals surface area (Å²) in [6, 6.07) is 15.3. The Bertz CT molecular complexity index is 1110. The van der Waals surface area contributed by atoms with Gasteiger partial charge in [-0.3, -0.25) is 9.88 Å². The van der Waals surface area contributed by atoms with Crippen LogP contribution in [0.1, 0.15) is 22.9 Å². The van der Waals surface area contributed by atoms with E-state index in [2.05, 4.69) is 9.88 Å². The molecule has 0 unspecified atom stereocenters. The fraction of sp³-hybridized carbons (Fsp3) is 0.286. The number of fused-ring (bicyclic) bond motifs is 3. The molecular weight excluding hydrogens is 360 g/mol. The number of hydrogen-bond acceptors (Lipinski definition) is 5. The first-order valence-electron chi connectivity index (χ1n) is 9.09. The van der Waals surface area contributed by atoms with Crippen molar-refractivity contribution in [2.75, 3.05) is 13.1 Å². The molecule has 1 aromatic carbocycles. The lowest BCUT2D eigenvalue weighted by atomic mass is 9.96. The van der Waals surface area contributed by atoms with Crippen LogP contribution in [0.25, 0.3) is 11.3 Å². The first-order valence-corrected chi connectivity index (χ1v) is 10.6. The summed E-state index contributed by atoms with van der Waals surface area (Å²) in [6.45, 7) is 3.93. The lowest BCUT2D eigenvalue weighted by Crippen LogP contribution is -2.26. The van der Waals surface area contributed by atoms with Gasteiger partial charge in [0.2, 0.25) is 0 Å². The van der Waals surface area contributed by atoms with Crippen molar-refractivity contribution in [2.24, 2.45) is 0 Å². The zero-order valence-electron chi connectivity index (χ0n) is 15.0. The molecule has 5 nitrogen and oxygen atoms in total. The Morgan fingerprint density at radius 2 is 2.04 bits per heavy atom. The highest BCUT2D eigenvalue weighted by Crippen LogP contribution is 2.46. The maximum absolute atomic E-state index is 13.0. The summed E-state index contributed by atoms with van der Waals surface area (Å²) in [5, 5.41) is -0.371. The number of furan rings is 1. The van der Waals surface area contributed by atoms with Crippen molar-refractivity contribution in [1.29, 1.82) is 0 Å². The van der Waals surface area contributed by atoms with Crippen molar-refractivity contribution in [3.63, 3.8) is 0 Å². The van der Waals surface area contributed by atoms with Crippen molar-refractivity contribution < 1.29 is 12.8 Å². The van der Waals surface area contributed by atoms with E-state index in [0.717, 1.165) is 34.8 Å². The normalized spacial score (nSPS) is 23.3. The monoisotopic (exact) mass is 380 g/mol. The Balaban J connectivity index is 1.47. The van der Waals surface area contributed by atoms with Gasteiger partial charge in [-0.05, 0) is 55.0 Å². The molecule has 2 aliphatic heterocycles. The van der Waals surface area contributed by atoms with Crippen molar-refractivity contribution in [3.8, 4) is 11.3 Å².